The SMILES string of the molecule is Cc1ccc(NC(=O)N[S+]([O-])c2ccc(C)cc2)cc1. The van der Waals surface area contributed by atoms with Crippen molar-refractivity contribution >= 4 is 23.1 Å². The van der Waals surface area contributed by atoms with Crippen LogP contribution in [0.4, 0.5) is 10.5 Å². The van der Waals surface area contributed by atoms with E-state index < -0.39 is 17.4 Å². The Morgan fingerprint density at radius 3 is 2.00 bits per heavy atom. The van der Waals surface area contributed by atoms with Crippen molar-refractivity contribution in [3.8, 4) is 0 Å². The molecule has 104 valence electrons. The molecule has 0 bridgehead atoms. The van der Waals surface area contributed by atoms with Crippen LogP contribution >= 0.6 is 0 Å². The van der Waals surface area contributed by atoms with Crippen LogP contribution in [0.15, 0.2) is 53.4 Å². The van der Waals surface area contributed by atoms with Gasteiger partial charge in [0.1, 0.15) is 11.4 Å². The normalized spacial score (nSPS) is 11.8. The highest BCUT2D eigenvalue weighted by atomic mass is 32.2. The van der Waals surface area contributed by atoms with Gasteiger partial charge in [0, 0.05) is 5.69 Å². The summed E-state index contributed by atoms with van der Waals surface area (Å²) < 4.78 is 14.4. The Hall–Kier alpha value is -1.98. The third-order valence-corrected chi connectivity index (χ3v) is 3.80. The molecule has 4 nitrogen and oxygen atoms in total. The van der Waals surface area contributed by atoms with Gasteiger partial charge in [0.15, 0.2) is 4.90 Å². The molecule has 0 aromatic heterocycles. The average molecular weight is 288 g/mol. The predicted molar refractivity (Wildman–Crippen MR) is 80.9 cm³/mol. The van der Waals surface area contributed by atoms with E-state index in [1.54, 1.807) is 24.3 Å². The van der Waals surface area contributed by atoms with E-state index in [4.69, 9.17) is 0 Å². The standard InChI is InChI=1S/C15H16N2O2S/c1-11-3-7-13(8-4-11)16-15(18)17-20(19)14-9-5-12(2)6-10-14/h3-10H,1-2H3,(H2,16,17,18). The Labute approximate surface area is 121 Å². The van der Waals surface area contributed by atoms with Crippen molar-refractivity contribution < 1.29 is 9.35 Å². The van der Waals surface area contributed by atoms with Crippen molar-refractivity contribution in [3.63, 3.8) is 0 Å². The number of hydrogen-bond donors (Lipinski definition) is 2. The highest BCUT2D eigenvalue weighted by Gasteiger charge is 2.15. The molecule has 0 spiro atoms. The number of amides is 2. The van der Waals surface area contributed by atoms with Crippen molar-refractivity contribution in [2.24, 2.45) is 0 Å². The zero-order chi connectivity index (χ0) is 14.5. The number of anilines is 1. The second kappa shape index (κ2) is 6.45. The summed E-state index contributed by atoms with van der Waals surface area (Å²) in [7, 11) is 0. The Bertz CT molecular complexity index is 582. The summed E-state index contributed by atoms with van der Waals surface area (Å²) >= 11 is -1.56. The molecule has 5 heteroatoms. The van der Waals surface area contributed by atoms with Gasteiger partial charge in [-0.15, -0.1) is 4.72 Å². The van der Waals surface area contributed by atoms with Crippen LogP contribution in [0.5, 0.6) is 0 Å². The molecule has 1 atom stereocenters. The van der Waals surface area contributed by atoms with Gasteiger partial charge >= 0.3 is 6.03 Å². The minimum Gasteiger partial charge on any atom is -0.588 e. The van der Waals surface area contributed by atoms with E-state index in [9.17, 15) is 9.35 Å². The lowest BCUT2D eigenvalue weighted by Crippen LogP contribution is -2.34. The topological polar surface area (TPSA) is 64.2 Å². The van der Waals surface area contributed by atoms with Gasteiger partial charge in [-0.05, 0) is 38.1 Å². The molecule has 0 radical (unpaired) electrons. The van der Waals surface area contributed by atoms with Crippen LogP contribution in [0.2, 0.25) is 0 Å². The van der Waals surface area contributed by atoms with Crippen LogP contribution in [0.1, 0.15) is 11.1 Å². The zero-order valence-corrected chi connectivity index (χ0v) is 12.2. The van der Waals surface area contributed by atoms with E-state index in [1.807, 2.05) is 38.1 Å². The second-order valence-electron chi connectivity index (χ2n) is 4.50. The minimum atomic E-state index is -1.56. The molecule has 0 fully saturated rings. The monoisotopic (exact) mass is 288 g/mol. The highest BCUT2D eigenvalue weighted by Crippen LogP contribution is 2.11. The van der Waals surface area contributed by atoms with E-state index in [0.29, 0.717) is 10.6 Å². The van der Waals surface area contributed by atoms with E-state index in [-0.39, 0.29) is 0 Å². The van der Waals surface area contributed by atoms with Crippen LogP contribution in [-0.2, 0) is 11.4 Å². The van der Waals surface area contributed by atoms with Crippen LogP contribution < -0.4 is 10.0 Å². The fourth-order valence-electron chi connectivity index (χ4n) is 1.60. The number of benzene rings is 2. The maximum absolute atomic E-state index is 11.9. The van der Waals surface area contributed by atoms with Gasteiger partial charge in [-0.1, -0.05) is 35.4 Å². The molecule has 2 rings (SSSR count). The lowest BCUT2D eigenvalue weighted by atomic mass is 10.2. The fourth-order valence-corrected chi connectivity index (χ4v) is 2.32. The fraction of sp³-hybridized carbons (Fsp3) is 0.133. The largest absolute Gasteiger partial charge is 0.588 e. The lowest BCUT2D eigenvalue weighted by Gasteiger charge is -2.11. The molecule has 2 aromatic rings. The van der Waals surface area contributed by atoms with Crippen LogP contribution in [-0.4, -0.2) is 10.6 Å². The molecule has 1 unspecified atom stereocenters. The van der Waals surface area contributed by atoms with Crippen LogP contribution in [0.25, 0.3) is 0 Å². The Balaban J connectivity index is 1.93. The quantitative estimate of drug-likeness (QED) is 0.852. The number of carbonyl (C=O) groups is 1. The van der Waals surface area contributed by atoms with Crippen LogP contribution in [0, 0.1) is 13.8 Å². The smallest absolute Gasteiger partial charge is 0.361 e. The van der Waals surface area contributed by atoms with Gasteiger partial charge < -0.3 is 9.87 Å². The van der Waals surface area contributed by atoms with E-state index in [2.05, 4.69) is 10.0 Å². The van der Waals surface area contributed by atoms with Gasteiger partial charge in [-0.25, -0.2) is 4.79 Å². The summed E-state index contributed by atoms with van der Waals surface area (Å²) in [5.74, 6) is 0. The van der Waals surface area contributed by atoms with Crippen molar-refractivity contribution in [1.29, 1.82) is 0 Å². The number of carbonyl (C=O) groups excluding carboxylic acids is 1. The van der Waals surface area contributed by atoms with E-state index >= 15 is 0 Å². The molecule has 0 aliphatic carbocycles. The predicted octanol–water partition coefficient (Wildman–Crippen LogP) is 3.15. The molecule has 2 aromatic carbocycles. The Kier molecular flexibility index (Phi) is 4.65. The second-order valence-corrected chi connectivity index (χ2v) is 5.72. The molecule has 0 aliphatic rings. The maximum Gasteiger partial charge on any atom is 0.361 e. The molecule has 0 aliphatic heterocycles. The van der Waals surface area contributed by atoms with E-state index in [1.165, 1.54) is 0 Å². The summed E-state index contributed by atoms with van der Waals surface area (Å²) in [6.07, 6.45) is 0. The number of nitrogens with one attached hydrogen (secondary N) is 2. The van der Waals surface area contributed by atoms with Gasteiger partial charge in [0.2, 0.25) is 0 Å². The molecular weight excluding hydrogens is 272 g/mol. The van der Waals surface area contributed by atoms with Crippen molar-refractivity contribution in [3.05, 3.63) is 59.7 Å². The molecular formula is C15H16N2O2S. The summed E-state index contributed by atoms with van der Waals surface area (Å²) in [5.41, 5.74) is 2.85. The summed E-state index contributed by atoms with van der Waals surface area (Å²) in [6.45, 7) is 3.92. The molecule has 2 N–H and O–H groups in total. The number of aryl methyl sites for hydroxylation is 2. The van der Waals surface area contributed by atoms with E-state index in [0.717, 1.165) is 11.1 Å². The van der Waals surface area contributed by atoms with Crippen molar-refractivity contribution in [2.75, 3.05) is 5.32 Å². The van der Waals surface area contributed by atoms with Crippen LogP contribution in [0.3, 0.4) is 0 Å². The first-order valence-corrected chi connectivity index (χ1v) is 7.32. The Morgan fingerprint density at radius 1 is 0.950 bits per heavy atom. The van der Waals surface area contributed by atoms with Crippen molar-refractivity contribution in [2.45, 2.75) is 18.7 Å². The van der Waals surface area contributed by atoms with Gasteiger partial charge in [-0.3, -0.25) is 0 Å². The third kappa shape index (κ3) is 4.01. The molecule has 0 heterocycles. The van der Waals surface area contributed by atoms with Gasteiger partial charge in [-0.2, -0.15) is 0 Å². The number of rotatable bonds is 3. The van der Waals surface area contributed by atoms with Gasteiger partial charge in [0.25, 0.3) is 0 Å². The first kappa shape index (κ1) is 14.4. The summed E-state index contributed by atoms with van der Waals surface area (Å²) in [5, 5.41) is 2.64. The highest BCUT2D eigenvalue weighted by molar-refractivity contribution is 7.90. The molecule has 20 heavy (non-hydrogen) atoms. The molecule has 0 saturated carbocycles. The first-order valence-electron chi connectivity index (χ1n) is 6.17. The number of urea groups is 1. The lowest BCUT2D eigenvalue weighted by molar-refractivity contribution is 0.256. The molecule has 0 saturated heterocycles. The van der Waals surface area contributed by atoms with Crippen molar-refractivity contribution in [1.82, 2.24) is 4.72 Å². The third-order valence-electron chi connectivity index (χ3n) is 2.73. The Morgan fingerprint density at radius 2 is 1.45 bits per heavy atom. The average Bonchev–Trinajstić information content (AvgIpc) is 2.42. The zero-order valence-electron chi connectivity index (χ0n) is 11.3. The minimum absolute atomic E-state index is 0.493. The maximum atomic E-state index is 11.9. The molecule has 2 amide bonds. The first-order chi connectivity index (χ1) is 9.54. The summed E-state index contributed by atoms with van der Waals surface area (Å²) in [4.78, 5) is 12.3. The van der Waals surface area contributed by atoms with Gasteiger partial charge in [0.05, 0.1) is 0 Å². The number of hydrogen-bond acceptors (Lipinski definition) is 2. The summed E-state index contributed by atoms with van der Waals surface area (Å²) in [6, 6.07) is 14.1.